The molecule has 0 spiro atoms. The van der Waals surface area contributed by atoms with Gasteiger partial charge in [0.05, 0.1) is 17.9 Å². The minimum atomic E-state index is -0.220. The number of nitrogens with zero attached hydrogens (tertiary/aromatic N) is 2. The molecule has 0 aliphatic carbocycles. The molecule has 2 aromatic rings. The van der Waals surface area contributed by atoms with Crippen LogP contribution in [-0.4, -0.2) is 15.9 Å². The largest absolute Gasteiger partial charge is 0.344 e. The second-order valence-corrected chi connectivity index (χ2v) is 5.21. The van der Waals surface area contributed by atoms with Crippen LogP contribution in [0.4, 0.5) is 0 Å². The molecule has 1 aromatic carbocycles. The van der Waals surface area contributed by atoms with Gasteiger partial charge in [-0.15, -0.1) is 0 Å². The fraction of sp³-hybridized carbons (Fsp3) is 0.214. The highest BCUT2D eigenvalue weighted by atomic mass is 79.9. The number of aryl methyl sites for hydroxylation is 1. The second kappa shape index (κ2) is 5.93. The molecule has 0 saturated carbocycles. The Bertz CT molecular complexity index is 566. The number of nitrogens with one attached hydrogen (secondary N) is 1. The summed E-state index contributed by atoms with van der Waals surface area (Å²) in [7, 11) is 0. The highest BCUT2D eigenvalue weighted by Gasteiger charge is 2.12. The van der Waals surface area contributed by atoms with Crippen LogP contribution < -0.4 is 5.32 Å². The summed E-state index contributed by atoms with van der Waals surface area (Å²) in [6, 6.07) is 7.75. The van der Waals surface area contributed by atoms with Crippen molar-refractivity contribution in [3.63, 3.8) is 0 Å². The van der Waals surface area contributed by atoms with Gasteiger partial charge in [-0.2, -0.15) is 0 Å². The van der Waals surface area contributed by atoms with Gasteiger partial charge in [0.2, 0.25) is 0 Å². The first kappa shape index (κ1) is 13.7. The van der Waals surface area contributed by atoms with Gasteiger partial charge in [0.25, 0.3) is 5.91 Å². The molecule has 1 heterocycles. The SMILES string of the molecule is Cc1cnc(C(=O)NC(C)c2ccc(Br)cc2)cn1. The Morgan fingerprint density at radius 2 is 1.89 bits per heavy atom. The molecule has 1 atom stereocenters. The maximum Gasteiger partial charge on any atom is 0.271 e. The number of amides is 1. The minimum absolute atomic E-state index is 0.0799. The predicted molar refractivity (Wildman–Crippen MR) is 76.8 cm³/mol. The van der Waals surface area contributed by atoms with Gasteiger partial charge >= 0.3 is 0 Å². The van der Waals surface area contributed by atoms with E-state index in [-0.39, 0.29) is 11.9 Å². The lowest BCUT2D eigenvalue weighted by atomic mass is 10.1. The standard InChI is InChI=1S/C14H14BrN3O/c1-9-7-17-13(8-16-9)14(19)18-10(2)11-3-5-12(15)6-4-11/h3-8,10H,1-2H3,(H,18,19). The van der Waals surface area contributed by atoms with Gasteiger partial charge in [0.1, 0.15) is 5.69 Å². The van der Waals surface area contributed by atoms with E-state index in [0.717, 1.165) is 15.7 Å². The van der Waals surface area contributed by atoms with Crippen molar-refractivity contribution in [1.29, 1.82) is 0 Å². The van der Waals surface area contributed by atoms with Crippen LogP contribution >= 0.6 is 15.9 Å². The highest BCUT2D eigenvalue weighted by Crippen LogP contribution is 2.16. The Hall–Kier alpha value is -1.75. The maximum absolute atomic E-state index is 12.0. The van der Waals surface area contributed by atoms with E-state index in [4.69, 9.17) is 0 Å². The Balaban J connectivity index is 2.06. The van der Waals surface area contributed by atoms with Crippen LogP contribution in [0.3, 0.4) is 0 Å². The Labute approximate surface area is 120 Å². The third kappa shape index (κ3) is 3.61. The van der Waals surface area contributed by atoms with Crippen LogP contribution in [0.5, 0.6) is 0 Å². The van der Waals surface area contributed by atoms with Crippen molar-refractivity contribution in [3.8, 4) is 0 Å². The lowest BCUT2D eigenvalue weighted by Gasteiger charge is -2.14. The highest BCUT2D eigenvalue weighted by molar-refractivity contribution is 9.10. The molecule has 1 N–H and O–H groups in total. The lowest BCUT2D eigenvalue weighted by molar-refractivity contribution is 0.0934. The number of hydrogen-bond donors (Lipinski definition) is 1. The van der Waals surface area contributed by atoms with Crippen LogP contribution in [0.2, 0.25) is 0 Å². The number of hydrogen-bond acceptors (Lipinski definition) is 3. The molecule has 0 bridgehead atoms. The van der Waals surface area contributed by atoms with Gasteiger partial charge < -0.3 is 5.32 Å². The second-order valence-electron chi connectivity index (χ2n) is 4.29. The first-order valence-electron chi connectivity index (χ1n) is 5.91. The van der Waals surface area contributed by atoms with Gasteiger partial charge in [-0.3, -0.25) is 9.78 Å². The third-order valence-electron chi connectivity index (χ3n) is 2.73. The van der Waals surface area contributed by atoms with Crippen LogP contribution in [0.15, 0.2) is 41.1 Å². The molecule has 0 aliphatic rings. The zero-order valence-electron chi connectivity index (χ0n) is 10.7. The fourth-order valence-electron chi connectivity index (χ4n) is 1.62. The Kier molecular flexibility index (Phi) is 4.27. The van der Waals surface area contributed by atoms with Crippen molar-refractivity contribution in [2.75, 3.05) is 0 Å². The van der Waals surface area contributed by atoms with E-state index >= 15 is 0 Å². The van der Waals surface area contributed by atoms with E-state index < -0.39 is 0 Å². The molecule has 1 unspecified atom stereocenters. The molecule has 5 heteroatoms. The average molecular weight is 320 g/mol. The Morgan fingerprint density at radius 3 is 2.47 bits per heavy atom. The zero-order valence-corrected chi connectivity index (χ0v) is 12.3. The fourth-order valence-corrected chi connectivity index (χ4v) is 1.88. The van der Waals surface area contributed by atoms with Crippen molar-refractivity contribution in [3.05, 3.63) is 58.1 Å². The first-order valence-corrected chi connectivity index (χ1v) is 6.70. The van der Waals surface area contributed by atoms with Crippen molar-refractivity contribution in [1.82, 2.24) is 15.3 Å². The van der Waals surface area contributed by atoms with Crippen molar-refractivity contribution in [2.45, 2.75) is 19.9 Å². The quantitative estimate of drug-likeness (QED) is 0.946. The molecule has 0 aliphatic heterocycles. The molecule has 98 valence electrons. The zero-order chi connectivity index (χ0) is 13.8. The topological polar surface area (TPSA) is 54.9 Å². The number of carbonyl (C=O) groups is 1. The molecule has 4 nitrogen and oxygen atoms in total. The van der Waals surface area contributed by atoms with Crippen molar-refractivity contribution >= 4 is 21.8 Å². The van der Waals surface area contributed by atoms with E-state index in [1.54, 1.807) is 6.20 Å². The summed E-state index contributed by atoms with van der Waals surface area (Å²) in [6.07, 6.45) is 3.07. The molecule has 19 heavy (non-hydrogen) atoms. The molecular formula is C14H14BrN3O. The van der Waals surface area contributed by atoms with E-state index in [1.165, 1.54) is 6.20 Å². The van der Waals surface area contributed by atoms with E-state index in [9.17, 15) is 4.79 Å². The molecule has 0 fully saturated rings. The number of rotatable bonds is 3. The van der Waals surface area contributed by atoms with Crippen LogP contribution in [-0.2, 0) is 0 Å². The summed E-state index contributed by atoms with van der Waals surface area (Å²) in [4.78, 5) is 20.1. The summed E-state index contributed by atoms with van der Waals surface area (Å²) >= 11 is 3.38. The minimum Gasteiger partial charge on any atom is -0.344 e. The van der Waals surface area contributed by atoms with Gasteiger partial charge in [-0.1, -0.05) is 28.1 Å². The van der Waals surface area contributed by atoms with Gasteiger partial charge in [0.15, 0.2) is 0 Å². The predicted octanol–water partition coefficient (Wildman–Crippen LogP) is 3.04. The molecule has 0 radical (unpaired) electrons. The first-order chi connectivity index (χ1) is 9.06. The third-order valence-corrected chi connectivity index (χ3v) is 3.26. The molecule has 0 saturated heterocycles. The average Bonchev–Trinajstić information content (AvgIpc) is 2.40. The molecule has 1 aromatic heterocycles. The normalized spacial score (nSPS) is 11.9. The van der Waals surface area contributed by atoms with E-state index in [2.05, 4.69) is 31.2 Å². The molecule has 2 rings (SSSR count). The van der Waals surface area contributed by atoms with Crippen molar-refractivity contribution in [2.24, 2.45) is 0 Å². The lowest BCUT2D eigenvalue weighted by Crippen LogP contribution is -2.27. The molecular weight excluding hydrogens is 306 g/mol. The summed E-state index contributed by atoms with van der Waals surface area (Å²) in [6.45, 7) is 3.77. The number of carbonyl (C=O) groups excluding carboxylic acids is 1. The van der Waals surface area contributed by atoms with Gasteiger partial charge in [0, 0.05) is 10.7 Å². The van der Waals surface area contributed by atoms with Crippen LogP contribution in [0.1, 0.15) is 34.7 Å². The van der Waals surface area contributed by atoms with Gasteiger partial charge in [-0.25, -0.2) is 4.98 Å². The van der Waals surface area contributed by atoms with E-state index in [0.29, 0.717) is 5.69 Å². The summed E-state index contributed by atoms with van der Waals surface area (Å²) in [5.74, 6) is -0.220. The van der Waals surface area contributed by atoms with Gasteiger partial charge in [-0.05, 0) is 31.5 Å². The van der Waals surface area contributed by atoms with E-state index in [1.807, 2.05) is 38.1 Å². The smallest absolute Gasteiger partial charge is 0.271 e. The number of aromatic nitrogens is 2. The number of halogens is 1. The van der Waals surface area contributed by atoms with Crippen LogP contribution in [0, 0.1) is 6.92 Å². The van der Waals surface area contributed by atoms with Crippen molar-refractivity contribution < 1.29 is 4.79 Å². The molecule has 1 amide bonds. The maximum atomic E-state index is 12.0. The summed E-state index contributed by atoms with van der Waals surface area (Å²) in [5, 5.41) is 2.89. The monoisotopic (exact) mass is 319 g/mol. The Morgan fingerprint density at radius 1 is 1.21 bits per heavy atom. The summed E-state index contributed by atoms with van der Waals surface area (Å²) < 4.78 is 1.01. The van der Waals surface area contributed by atoms with Crippen LogP contribution in [0.25, 0.3) is 0 Å². The summed E-state index contributed by atoms with van der Waals surface area (Å²) in [5.41, 5.74) is 2.16. The number of benzene rings is 1.